The standard InChI is InChI=1S/C60H47NS2/c1-4-16-40(17-5-1)41-30-32-44(33-31-41)61(45-34-36-47(55(38-45)42-18-6-2-7-19-42)51-24-14-26-53-49-22-10-12-28-57(49)62-59(51)53)46-35-37-48(56(39-46)43-20-8-3-9-21-43)52-25-15-27-54-50-23-11-13-29-58(50)63-60(52)54/h1-4,6-16,18-22,24-30,32,34-39,47,50,55H,5,17,23,31,33H2. The third-order valence-electron chi connectivity index (χ3n) is 13.7. The Hall–Kier alpha value is -6.39. The molecule has 0 amide bonds. The fourth-order valence-corrected chi connectivity index (χ4v) is 13.2. The summed E-state index contributed by atoms with van der Waals surface area (Å²) in [5.74, 6) is 0.781. The second kappa shape index (κ2) is 16.4. The predicted octanol–water partition coefficient (Wildman–Crippen LogP) is 17.1. The molecule has 0 saturated heterocycles. The summed E-state index contributed by atoms with van der Waals surface area (Å²) in [6.45, 7) is 0. The Bertz CT molecular complexity index is 3180. The second-order valence-corrected chi connectivity index (χ2v) is 19.4. The maximum absolute atomic E-state index is 2.58. The predicted molar refractivity (Wildman–Crippen MR) is 271 cm³/mol. The molecule has 2 heterocycles. The van der Waals surface area contributed by atoms with E-state index in [0.717, 1.165) is 32.1 Å². The van der Waals surface area contributed by atoms with Gasteiger partial charge in [0.1, 0.15) is 0 Å². The fraction of sp³-hybridized carbons (Fsp3) is 0.133. The minimum atomic E-state index is 0.142. The lowest BCUT2D eigenvalue weighted by Gasteiger charge is -2.35. The smallest absolute Gasteiger partial charge is 0.0464 e. The van der Waals surface area contributed by atoms with E-state index in [1.54, 1.807) is 0 Å². The first-order valence-electron chi connectivity index (χ1n) is 22.5. The molecular weight excluding hydrogens is 799 g/mol. The minimum Gasteiger partial charge on any atom is -0.315 e. The summed E-state index contributed by atoms with van der Waals surface area (Å²) >= 11 is 3.90. The number of fused-ring (bicyclic) bond motifs is 6. The monoisotopic (exact) mass is 845 g/mol. The van der Waals surface area contributed by atoms with Crippen LogP contribution in [0.1, 0.15) is 66.5 Å². The third-order valence-corrected chi connectivity index (χ3v) is 16.2. The SMILES string of the molecule is C1=CCCC(C2=CC=C(N(C3=CC(c4ccccc4)C(c4cccc5c4sc4ccccc45)C=C3)c3ccc(-c4cccc5c4SC4=CC=CCC45)c(-c4ccccc4)c3)CC2)=C1. The highest BCUT2D eigenvalue weighted by Crippen LogP contribution is 2.56. The van der Waals surface area contributed by atoms with Crippen LogP contribution in [0.25, 0.3) is 42.4 Å². The van der Waals surface area contributed by atoms with Crippen LogP contribution in [0.15, 0.2) is 239 Å². The van der Waals surface area contributed by atoms with E-state index in [1.165, 1.54) is 97.1 Å². The molecule has 1 nitrogen and oxygen atoms in total. The minimum absolute atomic E-state index is 0.142. The van der Waals surface area contributed by atoms with Gasteiger partial charge in [0.2, 0.25) is 0 Å². The van der Waals surface area contributed by atoms with Crippen molar-refractivity contribution in [2.24, 2.45) is 0 Å². The summed E-state index contributed by atoms with van der Waals surface area (Å²) in [5.41, 5.74) is 16.0. The van der Waals surface area contributed by atoms with E-state index in [4.69, 9.17) is 0 Å². The quantitative estimate of drug-likeness (QED) is 0.150. The highest BCUT2D eigenvalue weighted by molar-refractivity contribution is 8.03. The van der Waals surface area contributed by atoms with E-state index in [1.807, 2.05) is 23.1 Å². The van der Waals surface area contributed by atoms with E-state index >= 15 is 0 Å². The topological polar surface area (TPSA) is 3.24 Å². The number of nitrogens with zero attached hydrogens (tertiary/aromatic N) is 1. The molecule has 4 aliphatic carbocycles. The number of hydrogen-bond donors (Lipinski definition) is 0. The van der Waals surface area contributed by atoms with Gasteiger partial charge in [-0.25, -0.2) is 0 Å². The first kappa shape index (κ1) is 38.3. The van der Waals surface area contributed by atoms with Crippen molar-refractivity contribution in [3.63, 3.8) is 0 Å². The molecule has 6 aromatic carbocycles. The fourth-order valence-electron chi connectivity index (χ4n) is 10.6. The van der Waals surface area contributed by atoms with E-state index in [-0.39, 0.29) is 11.8 Å². The molecule has 304 valence electrons. The largest absolute Gasteiger partial charge is 0.315 e. The molecule has 0 radical (unpaired) electrons. The molecule has 7 aromatic rings. The van der Waals surface area contributed by atoms with Crippen molar-refractivity contribution >= 4 is 49.0 Å². The Morgan fingerprint density at radius 3 is 2.22 bits per heavy atom. The van der Waals surface area contributed by atoms with Crippen LogP contribution in [0.5, 0.6) is 0 Å². The summed E-state index contributed by atoms with van der Waals surface area (Å²) < 4.78 is 2.74. The van der Waals surface area contributed by atoms with Gasteiger partial charge in [0, 0.05) is 59.9 Å². The Labute approximate surface area is 379 Å². The lowest BCUT2D eigenvalue weighted by atomic mass is 9.77. The molecule has 3 atom stereocenters. The summed E-state index contributed by atoms with van der Waals surface area (Å²) in [6, 6.07) is 52.3. The molecule has 5 aliphatic rings. The van der Waals surface area contributed by atoms with Crippen LogP contribution in [0.4, 0.5) is 5.69 Å². The molecular formula is C60H47NS2. The zero-order valence-corrected chi connectivity index (χ0v) is 36.8. The number of hydrogen-bond acceptors (Lipinski definition) is 3. The molecule has 12 rings (SSSR count). The van der Waals surface area contributed by atoms with Crippen LogP contribution in [0.2, 0.25) is 0 Å². The van der Waals surface area contributed by atoms with Crippen molar-refractivity contribution in [1.82, 2.24) is 0 Å². The number of thioether (sulfide) groups is 1. The zero-order valence-electron chi connectivity index (χ0n) is 35.2. The van der Waals surface area contributed by atoms with Gasteiger partial charge in [-0.3, -0.25) is 0 Å². The van der Waals surface area contributed by atoms with Crippen molar-refractivity contribution in [1.29, 1.82) is 0 Å². The van der Waals surface area contributed by atoms with Crippen molar-refractivity contribution in [3.05, 3.63) is 250 Å². The van der Waals surface area contributed by atoms with Gasteiger partial charge in [-0.15, -0.1) is 11.3 Å². The molecule has 1 aromatic heterocycles. The van der Waals surface area contributed by atoms with Gasteiger partial charge in [0.05, 0.1) is 0 Å². The van der Waals surface area contributed by atoms with Gasteiger partial charge in [-0.05, 0) is 117 Å². The maximum Gasteiger partial charge on any atom is 0.0464 e. The molecule has 0 bridgehead atoms. The van der Waals surface area contributed by atoms with Gasteiger partial charge in [-0.1, -0.05) is 188 Å². The molecule has 0 N–H and O–H groups in total. The number of allylic oxidation sites excluding steroid dienone is 15. The first-order valence-corrected chi connectivity index (χ1v) is 24.2. The van der Waals surface area contributed by atoms with Gasteiger partial charge in [0.25, 0.3) is 0 Å². The third kappa shape index (κ3) is 6.95. The lowest BCUT2D eigenvalue weighted by molar-refractivity contribution is 0.722. The number of anilines is 1. The summed E-state index contributed by atoms with van der Waals surface area (Å²) in [6.07, 6.45) is 31.3. The van der Waals surface area contributed by atoms with Crippen LogP contribution in [0.3, 0.4) is 0 Å². The molecule has 3 unspecified atom stereocenters. The van der Waals surface area contributed by atoms with Gasteiger partial charge < -0.3 is 4.90 Å². The van der Waals surface area contributed by atoms with E-state index in [0.29, 0.717) is 5.92 Å². The Kier molecular flexibility index (Phi) is 9.96. The number of rotatable bonds is 8. The average Bonchev–Trinajstić information content (AvgIpc) is 3.94. The van der Waals surface area contributed by atoms with E-state index in [9.17, 15) is 0 Å². The van der Waals surface area contributed by atoms with Crippen molar-refractivity contribution in [2.45, 2.75) is 54.8 Å². The maximum atomic E-state index is 2.58. The summed E-state index contributed by atoms with van der Waals surface area (Å²) in [7, 11) is 0. The first-order chi connectivity index (χ1) is 31.2. The average molecular weight is 846 g/mol. The van der Waals surface area contributed by atoms with Crippen LogP contribution >= 0.6 is 23.1 Å². The second-order valence-electron chi connectivity index (χ2n) is 17.3. The highest BCUT2D eigenvalue weighted by Gasteiger charge is 2.33. The van der Waals surface area contributed by atoms with Crippen LogP contribution in [-0.2, 0) is 0 Å². The Balaban J connectivity index is 1.02. The summed E-state index contributed by atoms with van der Waals surface area (Å²) in [5, 5.41) is 2.70. The molecule has 63 heavy (non-hydrogen) atoms. The van der Waals surface area contributed by atoms with Gasteiger partial charge in [-0.2, -0.15) is 0 Å². The number of thiophene rings is 1. The summed E-state index contributed by atoms with van der Waals surface area (Å²) in [4.78, 5) is 5.45. The van der Waals surface area contributed by atoms with Crippen molar-refractivity contribution in [2.75, 3.05) is 4.90 Å². The van der Waals surface area contributed by atoms with Crippen LogP contribution in [-0.4, -0.2) is 0 Å². The molecule has 0 saturated carbocycles. The molecule has 1 aliphatic heterocycles. The normalized spacial score (nSPS) is 20.1. The van der Waals surface area contributed by atoms with Gasteiger partial charge >= 0.3 is 0 Å². The van der Waals surface area contributed by atoms with E-state index in [2.05, 4.69) is 211 Å². The molecule has 0 fully saturated rings. The Morgan fingerprint density at radius 1 is 0.571 bits per heavy atom. The van der Waals surface area contributed by atoms with E-state index < -0.39 is 0 Å². The molecule has 3 heteroatoms. The van der Waals surface area contributed by atoms with Gasteiger partial charge in [0.15, 0.2) is 0 Å². The van der Waals surface area contributed by atoms with Crippen molar-refractivity contribution in [3.8, 4) is 22.3 Å². The zero-order chi connectivity index (χ0) is 41.7. The Morgan fingerprint density at radius 2 is 1.37 bits per heavy atom. The highest BCUT2D eigenvalue weighted by atomic mass is 32.2. The van der Waals surface area contributed by atoms with Crippen molar-refractivity contribution < 1.29 is 0 Å². The number of benzene rings is 6. The van der Waals surface area contributed by atoms with Crippen LogP contribution < -0.4 is 4.90 Å². The van der Waals surface area contributed by atoms with Crippen LogP contribution in [0, 0.1) is 0 Å². The lowest BCUT2D eigenvalue weighted by Crippen LogP contribution is -2.25. The molecule has 0 spiro atoms.